The molecule has 6 heteroatoms. The number of rotatable bonds is 3. The molecule has 2 aliphatic heterocycles. The molecule has 0 saturated carbocycles. The highest BCUT2D eigenvalue weighted by Crippen LogP contribution is 2.22. The number of amides is 1. The van der Waals surface area contributed by atoms with Crippen LogP contribution in [0, 0.1) is 5.92 Å². The van der Waals surface area contributed by atoms with Crippen molar-refractivity contribution in [3.8, 4) is 0 Å². The number of ether oxygens (including phenoxy) is 1. The van der Waals surface area contributed by atoms with Crippen LogP contribution in [0.2, 0.25) is 0 Å². The molecular formula is C16H26N4O2. The highest BCUT2D eigenvalue weighted by molar-refractivity contribution is 5.79. The molecule has 1 aromatic rings. The molecule has 3 rings (SSSR count). The minimum Gasteiger partial charge on any atom is -0.378 e. The van der Waals surface area contributed by atoms with Crippen LogP contribution < -0.4 is 0 Å². The molecule has 1 aromatic heterocycles. The van der Waals surface area contributed by atoms with Crippen LogP contribution in [0.1, 0.15) is 25.5 Å². The van der Waals surface area contributed by atoms with Crippen LogP contribution in [0.15, 0.2) is 12.3 Å². The van der Waals surface area contributed by atoms with Crippen LogP contribution in [0.3, 0.4) is 0 Å². The van der Waals surface area contributed by atoms with Crippen LogP contribution >= 0.6 is 0 Å². The van der Waals surface area contributed by atoms with Crippen molar-refractivity contribution in [2.75, 3.05) is 33.3 Å². The average molecular weight is 306 g/mol. The lowest BCUT2D eigenvalue weighted by Crippen LogP contribution is -2.44. The lowest BCUT2D eigenvalue weighted by Gasteiger charge is -2.33. The lowest BCUT2D eigenvalue weighted by atomic mass is 9.95. The first-order valence-electron chi connectivity index (χ1n) is 8.26. The number of aromatic nitrogens is 2. The summed E-state index contributed by atoms with van der Waals surface area (Å²) in [5.41, 5.74) is 1.10. The summed E-state index contributed by atoms with van der Waals surface area (Å²) in [4.78, 5) is 17.3. The first kappa shape index (κ1) is 15.5. The Morgan fingerprint density at radius 3 is 2.82 bits per heavy atom. The Bertz CT molecular complexity index is 508. The standard InChI is InChI=1S/C16H26N4O2/c1-3-18-8-5-13(6-9-18)16(21)19-10-14-4-7-17-20(14)12-15(11-19)22-2/h4,7,13,15H,3,5-6,8-12H2,1-2H3. The Morgan fingerprint density at radius 1 is 1.36 bits per heavy atom. The van der Waals surface area contributed by atoms with Gasteiger partial charge < -0.3 is 14.5 Å². The third kappa shape index (κ3) is 3.17. The number of nitrogens with zero attached hydrogens (tertiary/aromatic N) is 4. The Kier molecular flexibility index (Phi) is 4.78. The zero-order valence-corrected chi connectivity index (χ0v) is 13.6. The largest absolute Gasteiger partial charge is 0.378 e. The second-order valence-corrected chi connectivity index (χ2v) is 6.29. The number of likely N-dealkylation sites (tertiary alicyclic amines) is 1. The van der Waals surface area contributed by atoms with Crippen molar-refractivity contribution in [2.45, 2.75) is 39.0 Å². The Hall–Kier alpha value is -1.40. The summed E-state index contributed by atoms with van der Waals surface area (Å²) >= 11 is 0. The van der Waals surface area contributed by atoms with Gasteiger partial charge in [-0.25, -0.2) is 0 Å². The molecule has 22 heavy (non-hydrogen) atoms. The van der Waals surface area contributed by atoms with Gasteiger partial charge in [0, 0.05) is 25.8 Å². The fraction of sp³-hybridized carbons (Fsp3) is 0.750. The van der Waals surface area contributed by atoms with Crippen molar-refractivity contribution in [3.05, 3.63) is 18.0 Å². The maximum Gasteiger partial charge on any atom is 0.226 e. The van der Waals surface area contributed by atoms with Crippen LogP contribution in [-0.4, -0.2) is 64.9 Å². The van der Waals surface area contributed by atoms with E-state index in [9.17, 15) is 4.79 Å². The van der Waals surface area contributed by atoms with Gasteiger partial charge in [-0.1, -0.05) is 6.92 Å². The third-order valence-electron chi connectivity index (χ3n) is 4.99. The molecule has 0 aliphatic carbocycles. The molecular weight excluding hydrogens is 280 g/mol. The van der Waals surface area contributed by atoms with Crippen molar-refractivity contribution >= 4 is 5.91 Å². The van der Waals surface area contributed by atoms with Gasteiger partial charge in [0.15, 0.2) is 0 Å². The van der Waals surface area contributed by atoms with Crippen molar-refractivity contribution in [1.82, 2.24) is 19.6 Å². The first-order valence-corrected chi connectivity index (χ1v) is 8.26. The molecule has 1 saturated heterocycles. The zero-order valence-electron chi connectivity index (χ0n) is 13.6. The molecule has 122 valence electrons. The predicted molar refractivity (Wildman–Crippen MR) is 83.3 cm³/mol. The average Bonchev–Trinajstić information content (AvgIpc) is 2.91. The van der Waals surface area contributed by atoms with Gasteiger partial charge in [0.25, 0.3) is 0 Å². The van der Waals surface area contributed by atoms with E-state index in [1.165, 1.54) is 0 Å². The number of carbonyl (C=O) groups excluding carboxylic acids is 1. The summed E-state index contributed by atoms with van der Waals surface area (Å²) in [5.74, 6) is 0.447. The maximum atomic E-state index is 12.9. The highest BCUT2D eigenvalue weighted by Gasteiger charge is 2.31. The molecule has 0 aromatic carbocycles. The SMILES string of the molecule is CCN1CCC(C(=O)N2Cc3ccnn3CC(OC)C2)CC1. The van der Waals surface area contributed by atoms with E-state index in [-0.39, 0.29) is 17.9 Å². The van der Waals surface area contributed by atoms with Gasteiger partial charge in [-0.15, -0.1) is 0 Å². The minimum atomic E-state index is 0.0147. The molecule has 1 unspecified atom stereocenters. The van der Waals surface area contributed by atoms with Crippen LogP contribution in [0.25, 0.3) is 0 Å². The number of hydrogen-bond acceptors (Lipinski definition) is 4. The van der Waals surface area contributed by atoms with Gasteiger partial charge in [0.1, 0.15) is 0 Å². The van der Waals surface area contributed by atoms with Crippen molar-refractivity contribution < 1.29 is 9.53 Å². The van der Waals surface area contributed by atoms with E-state index in [4.69, 9.17) is 4.74 Å². The molecule has 0 radical (unpaired) electrons. The van der Waals surface area contributed by atoms with Gasteiger partial charge in [0.05, 0.1) is 24.9 Å². The van der Waals surface area contributed by atoms with Crippen molar-refractivity contribution in [3.63, 3.8) is 0 Å². The lowest BCUT2D eigenvalue weighted by molar-refractivity contribution is -0.139. The van der Waals surface area contributed by atoms with Crippen molar-refractivity contribution in [1.29, 1.82) is 0 Å². The summed E-state index contributed by atoms with van der Waals surface area (Å²) in [6.45, 7) is 7.35. The molecule has 1 amide bonds. The van der Waals surface area contributed by atoms with E-state index in [1.54, 1.807) is 13.3 Å². The predicted octanol–water partition coefficient (Wildman–Crippen LogP) is 0.972. The normalized spacial score (nSPS) is 24.1. The zero-order chi connectivity index (χ0) is 15.5. The smallest absolute Gasteiger partial charge is 0.226 e. The minimum absolute atomic E-state index is 0.0147. The van der Waals surface area contributed by atoms with Gasteiger partial charge >= 0.3 is 0 Å². The number of fused-ring (bicyclic) bond motifs is 1. The van der Waals surface area contributed by atoms with Crippen LogP contribution in [0.4, 0.5) is 0 Å². The van der Waals surface area contributed by atoms with Gasteiger partial charge in [-0.05, 0) is 38.5 Å². The third-order valence-corrected chi connectivity index (χ3v) is 4.99. The van der Waals surface area contributed by atoms with E-state index >= 15 is 0 Å². The van der Waals surface area contributed by atoms with E-state index in [1.807, 2.05) is 15.6 Å². The first-order chi connectivity index (χ1) is 10.7. The second-order valence-electron chi connectivity index (χ2n) is 6.29. The molecule has 1 atom stereocenters. The van der Waals surface area contributed by atoms with E-state index < -0.39 is 0 Å². The number of methoxy groups -OCH3 is 1. The number of piperidine rings is 1. The Balaban J connectivity index is 1.69. The number of hydrogen-bond donors (Lipinski definition) is 0. The van der Waals surface area contributed by atoms with E-state index in [2.05, 4.69) is 16.9 Å². The Labute approximate surface area is 132 Å². The highest BCUT2D eigenvalue weighted by atomic mass is 16.5. The van der Waals surface area contributed by atoms with Gasteiger partial charge in [-0.3, -0.25) is 9.48 Å². The van der Waals surface area contributed by atoms with Crippen LogP contribution in [0.5, 0.6) is 0 Å². The number of carbonyl (C=O) groups is 1. The summed E-state index contributed by atoms with van der Waals surface area (Å²) in [5, 5.41) is 4.33. The summed E-state index contributed by atoms with van der Waals surface area (Å²) in [6.07, 6.45) is 3.76. The summed E-state index contributed by atoms with van der Waals surface area (Å²) in [7, 11) is 1.71. The second kappa shape index (κ2) is 6.79. The van der Waals surface area contributed by atoms with Gasteiger partial charge in [-0.2, -0.15) is 5.10 Å². The fourth-order valence-electron chi connectivity index (χ4n) is 3.49. The molecule has 0 bridgehead atoms. The molecule has 2 aliphatic rings. The molecule has 0 N–H and O–H groups in total. The monoisotopic (exact) mass is 306 g/mol. The quantitative estimate of drug-likeness (QED) is 0.835. The fourth-order valence-corrected chi connectivity index (χ4v) is 3.49. The molecule has 0 spiro atoms. The molecule has 3 heterocycles. The molecule has 1 fully saturated rings. The van der Waals surface area contributed by atoms with Gasteiger partial charge in [0.2, 0.25) is 5.91 Å². The van der Waals surface area contributed by atoms with Crippen LogP contribution in [-0.2, 0) is 22.6 Å². The maximum absolute atomic E-state index is 12.9. The van der Waals surface area contributed by atoms with Crippen molar-refractivity contribution in [2.24, 2.45) is 5.92 Å². The summed E-state index contributed by atoms with van der Waals surface area (Å²) in [6, 6.07) is 2.00. The molecule has 6 nitrogen and oxygen atoms in total. The Morgan fingerprint density at radius 2 is 2.14 bits per heavy atom. The van der Waals surface area contributed by atoms with E-state index in [0.717, 1.165) is 44.7 Å². The summed E-state index contributed by atoms with van der Waals surface area (Å²) < 4.78 is 7.50. The topological polar surface area (TPSA) is 50.6 Å². The van der Waals surface area contributed by atoms with E-state index in [0.29, 0.717) is 13.1 Å².